The van der Waals surface area contributed by atoms with Crippen molar-refractivity contribution >= 4 is 0 Å². The van der Waals surface area contributed by atoms with Gasteiger partial charge in [-0.15, -0.1) is 0 Å². The highest BCUT2D eigenvalue weighted by molar-refractivity contribution is 5.47. The second-order valence-electron chi connectivity index (χ2n) is 5.25. The lowest BCUT2D eigenvalue weighted by molar-refractivity contribution is 0.173. The van der Waals surface area contributed by atoms with Crippen LogP contribution in [0.1, 0.15) is 31.1 Å². The number of rotatable bonds is 4. The van der Waals surface area contributed by atoms with Crippen LogP contribution in [0.4, 0.5) is 0 Å². The van der Waals surface area contributed by atoms with Crippen LogP contribution in [-0.2, 0) is 0 Å². The highest BCUT2D eigenvalue weighted by Gasteiger charge is 2.18. The average Bonchev–Trinajstić information content (AvgIpc) is 2.93. The molecule has 4 heteroatoms. The molecule has 2 aromatic rings. The zero-order valence-electron chi connectivity index (χ0n) is 12.1. The molecule has 3 rings (SSSR count). The second-order valence-corrected chi connectivity index (χ2v) is 5.25. The first-order valence-electron chi connectivity index (χ1n) is 6.98. The van der Waals surface area contributed by atoms with E-state index >= 15 is 0 Å². The zero-order valence-corrected chi connectivity index (χ0v) is 12.1. The highest BCUT2D eigenvalue weighted by atomic mass is 16.7. The zero-order chi connectivity index (χ0) is 14.8. The fourth-order valence-electron chi connectivity index (χ4n) is 2.31. The van der Waals surface area contributed by atoms with E-state index in [1.54, 1.807) is 0 Å². The lowest BCUT2D eigenvalue weighted by Gasteiger charge is -2.15. The second kappa shape index (κ2) is 5.66. The van der Waals surface area contributed by atoms with Crippen molar-refractivity contribution in [3.8, 4) is 17.2 Å². The van der Waals surface area contributed by atoms with Crippen LogP contribution < -0.4 is 14.2 Å². The molecule has 0 spiro atoms. The van der Waals surface area contributed by atoms with E-state index in [1.165, 1.54) is 0 Å². The van der Waals surface area contributed by atoms with Gasteiger partial charge in [-0.3, -0.25) is 0 Å². The highest BCUT2D eigenvalue weighted by Crippen LogP contribution is 2.36. The van der Waals surface area contributed by atoms with E-state index in [0.717, 1.165) is 16.9 Å². The summed E-state index contributed by atoms with van der Waals surface area (Å²) in [5.74, 6) is 2.13. The van der Waals surface area contributed by atoms with Gasteiger partial charge in [0.15, 0.2) is 11.5 Å². The van der Waals surface area contributed by atoms with Crippen LogP contribution >= 0.6 is 0 Å². The molecule has 2 aromatic carbocycles. The van der Waals surface area contributed by atoms with Crippen molar-refractivity contribution in [2.75, 3.05) is 6.79 Å². The van der Waals surface area contributed by atoms with Gasteiger partial charge < -0.3 is 19.3 Å². The molecule has 1 aliphatic heterocycles. The lowest BCUT2D eigenvalue weighted by Crippen LogP contribution is -2.06. The predicted octanol–water partition coefficient (Wildman–Crippen LogP) is 3.28. The molecule has 0 radical (unpaired) electrons. The molecule has 0 fully saturated rings. The Labute approximate surface area is 123 Å². The summed E-state index contributed by atoms with van der Waals surface area (Å²) in [5, 5.41) is 10.5. The SMILES string of the molecule is CC(C)Oc1cccc(C(O)c2ccc3c(c2)OCO3)c1. The quantitative estimate of drug-likeness (QED) is 0.937. The number of aliphatic hydroxyl groups excluding tert-OH is 1. The smallest absolute Gasteiger partial charge is 0.231 e. The van der Waals surface area contributed by atoms with Gasteiger partial charge in [0, 0.05) is 0 Å². The number of benzene rings is 2. The van der Waals surface area contributed by atoms with Crippen molar-refractivity contribution in [1.29, 1.82) is 0 Å². The molecule has 1 atom stereocenters. The van der Waals surface area contributed by atoms with Gasteiger partial charge in [-0.05, 0) is 49.2 Å². The Morgan fingerprint density at radius 2 is 1.76 bits per heavy atom. The van der Waals surface area contributed by atoms with Crippen LogP contribution in [0.5, 0.6) is 17.2 Å². The summed E-state index contributed by atoms with van der Waals surface area (Å²) in [5.41, 5.74) is 1.55. The summed E-state index contributed by atoms with van der Waals surface area (Å²) in [7, 11) is 0. The summed E-state index contributed by atoms with van der Waals surface area (Å²) >= 11 is 0. The first-order valence-corrected chi connectivity index (χ1v) is 6.98. The Morgan fingerprint density at radius 1 is 1.00 bits per heavy atom. The Morgan fingerprint density at radius 3 is 2.57 bits per heavy atom. The van der Waals surface area contributed by atoms with Gasteiger partial charge in [-0.1, -0.05) is 18.2 Å². The van der Waals surface area contributed by atoms with Gasteiger partial charge in [0.1, 0.15) is 11.9 Å². The number of hydrogen-bond donors (Lipinski definition) is 1. The molecule has 0 saturated heterocycles. The third-order valence-corrected chi connectivity index (χ3v) is 3.26. The molecular weight excluding hydrogens is 268 g/mol. The Bertz CT molecular complexity index is 636. The Kier molecular flexibility index (Phi) is 3.71. The molecular formula is C17H18O4. The maximum atomic E-state index is 10.5. The number of aliphatic hydroxyl groups is 1. The summed E-state index contributed by atoms with van der Waals surface area (Å²) < 4.78 is 16.3. The molecule has 1 aliphatic rings. The van der Waals surface area contributed by atoms with Crippen LogP contribution in [0.15, 0.2) is 42.5 Å². The normalized spacial score (nSPS) is 14.3. The van der Waals surface area contributed by atoms with Crippen molar-refractivity contribution < 1.29 is 19.3 Å². The van der Waals surface area contributed by atoms with Crippen molar-refractivity contribution in [3.05, 3.63) is 53.6 Å². The van der Waals surface area contributed by atoms with E-state index in [9.17, 15) is 5.11 Å². The number of hydrogen-bond acceptors (Lipinski definition) is 4. The van der Waals surface area contributed by atoms with Crippen LogP contribution in [0.3, 0.4) is 0 Å². The van der Waals surface area contributed by atoms with E-state index in [-0.39, 0.29) is 12.9 Å². The van der Waals surface area contributed by atoms with Gasteiger partial charge in [0.05, 0.1) is 6.10 Å². The van der Waals surface area contributed by atoms with E-state index in [2.05, 4.69) is 0 Å². The van der Waals surface area contributed by atoms with Crippen molar-refractivity contribution in [3.63, 3.8) is 0 Å². The van der Waals surface area contributed by atoms with Gasteiger partial charge in [0.2, 0.25) is 6.79 Å². The molecule has 4 nitrogen and oxygen atoms in total. The fourth-order valence-corrected chi connectivity index (χ4v) is 2.31. The van der Waals surface area contributed by atoms with E-state index < -0.39 is 6.10 Å². The van der Waals surface area contributed by atoms with Crippen molar-refractivity contribution in [1.82, 2.24) is 0 Å². The number of fused-ring (bicyclic) bond motifs is 1. The maximum Gasteiger partial charge on any atom is 0.231 e. The van der Waals surface area contributed by atoms with Crippen LogP contribution in [0.25, 0.3) is 0 Å². The molecule has 1 N–H and O–H groups in total. The molecule has 0 aliphatic carbocycles. The summed E-state index contributed by atoms with van der Waals surface area (Å²) in [4.78, 5) is 0. The maximum absolute atomic E-state index is 10.5. The predicted molar refractivity (Wildman–Crippen MR) is 78.8 cm³/mol. The molecule has 110 valence electrons. The molecule has 1 heterocycles. The molecule has 0 aromatic heterocycles. The molecule has 0 bridgehead atoms. The first kappa shape index (κ1) is 13.8. The van der Waals surface area contributed by atoms with Gasteiger partial charge in [-0.2, -0.15) is 0 Å². The molecule has 0 amide bonds. The topological polar surface area (TPSA) is 47.9 Å². The largest absolute Gasteiger partial charge is 0.491 e. The average molecular weight is 286 g/mol. The number of ether oxygens (including phenoxy) is 3. The van der Waals surface area contributed by atoms with Crippen LogP contribution in [0, 0.1) is 0 Å². The fraction of sp³-hybridized carbons (Fsp3) is 0.294. The van der Waals surface area contributed by atoms with Crippen LogP contribution in [-0.4, -0.2) is 18.0 Å². The van der Waals surface area contributed by atoms with Gasteiger partial charge >= 0.3 is 0 Å². The van der Waals surface area contributed by atoms with Gasteiger partial charge in [0.25, 0.3) is 0 Å². The van der Waals surface area contributed by atoms with E-state index in [1.807, 2.05) is 56.3 Å². The first-order chi connectivity index (χ1) is 10.1. The third kappa shape index (κ3) is 2.95. The summed E-state index contributed by atoms with van der Waals surface area (Å²) in [6, 6.07) is 13.0. The Hall–Kier alpha value is -2.20. The van der Waals surface area contributed by atoms with Crippen LogP contribution in [0.2, 0.25) is 0 Å². The monoisotopic (exact) mass is 286 g/mol. The minimum absolute atomic E-state index is 0.0999. The molecule has 1 unspecified atom stereocenters. The van der Waals surface area contributed by atoms with E-state index in [0.29, 0.717) is 11.5 Å². The van der Waals surface area contributed by atoms with E-state index in [4.69, 9.17) is 14.2 Å². The molecule has 0 saturated carbocycles. The lowest BCUT2D eigenvalue weighted by atomic mass is 10.0. The summed E-state index contributed by atoms with van der Waals surface area (Å²) in [6.07, 6.45) is -0.627. The van der Waals surface area contributed by atoms with Gasteiger partial charge in [-0.25, -0.2) is 0 Å². The Balaban J connectivity index is 1.86. The minimum atomic E-state index is -0.727. The minimum Gasteiger partial charge on any atom is -0.491 e. The third-order valence-electron chi connectivity index (χ3n) is 3.26. The standard InChI is InChI=1S/C17H18O4/c1-11(2)21-14-5-3-4-12(8-14)17(18)13-6-7-15-16(9-13)20-10-19-15/h3-9,11,17-18H,10H2,1-2H3. The molecule has 21 heavy (non-hydrogen) atoms. The van der Waals surface area contributed by atoms with Crippen molar-refractivity contribution in [2.45, 2.75) is 26.1 Å². The van der Waals surface area contributed by atoms with Crippen molar-refractivity contribution in [2.24, 2.45) is 0 Å². The summed E-state index contributed by atoms with van der Waals surface area (Å²) in [6.45, 7) is 4.18.